The van der Waals surface area contributed by atoms with E-state index in [2.05, 4.69) is 4.98 Å². The minimum Gasteiger partial charge on any atom is -0.485 e. The Bertz CT molecular complexity index is 931. The van der Waals surface area contributed by atoms with Gasteiger partial charge in [-0.3, -0.25) is 14.2 Å². The summed E-state index contributed by atoms with van der Waals surface area (Å²) in [5.74, 6) is 1.62. The number of aromatic nitrogens is 2. The number of piperidine rings is 1. The number of hydrogen-bond acceptors (Lipinski definition) is 5. The number of hydrogen-bond donors (Lipinski definition) is 0. The van der Waals surface area contributed by atoms with E-state index in [1.165, 1.54) is 0 Å². The summed E-state index contributed by atoms with van der Waals surface area (Å²) in [5.41, 5.74) is 1.50. The maximum Gasteiger partial charge on any atom is 0.267 e. The van der Waals surface area contributed by atoms with Crippen molar-refractivity contribution in [1.29, 1.82) is 0 Å². The fourth-order valence-corrected chi connectivity index (χ4v) is 3.76. The third-order valence-electron chi connectivity index (χ3n) is 5.68. The Morgan fingerprint density at radius 1 is 1.18 bits per heavy atom. The van der Waals surface area contributed by atoms with Gasteiger partial charge in [-0.25, -0.2) is 4.98 Å². The van der Waals surface area contributed by atoms with E-state index in [4.69, 9.17) is 9.47 Å². The van der Waals surface area contributed by atoms with Gasteiger partial charge >= 0.3 is 0 Å². The van der Waals surface area contributed by atoms with Gasteiger partial charge in [-0.05, 0) is 44.7 Å². The van der Waals surface area contributed by atoms with Gasteiger partial charge < -0.3 is 14.4 Å². The van der Waals surface area contributed by atoms with Crippen molar-refractivity contribution in [2.45, 2.75) is 39.3 Å². The Balaban J connectivity index is 1.34. The van der Waals surface area contributed by atoms with Crippen LogP contribution in [0.15, 0.2) is 35.4 Å². The second-order valence-corrected chi connectivity index (χ2v) is 7.55. The average molecular weight is 383 g/mol. The molecule has 1 unspecified atom stereocenters. The summed E-state index contributed by atoms with van der Waals surface area (Å²) in [6.07, 6.45) is 2.75. The lowest BCUT2D eigenvalue weighted by molar-refractivity contribution is -0.142. The highest BCUT2D eigenvalue weighted by Gasteiger charge is 2.33. The molecule has 1 atom stereocenters. The third-order valence-corrected chi connectivity index (χ3v) is 5.68. The molecule has 1 aromatic carbocycles. The first kappa shape index (κ1) is 18.5. The van der Waals surface area contributed by atoms with E-state index < -0.39 is 6.10 Å². The number of amides is 1. The minimum absolute atomic E-state index is 0.0254. The summed E-state index contributed by atoms with van der Waals surface area (Å²) in [4.78, 5) is 31.3. The molecule has 7 heteroatoms. The van der Waals surface area contributed by atoms with Crippen LogP contribution in [0.3, 0.4) is 0 Å². The van der Waals surface area contributed by atoms with E-state index in [-0.39, 0.29) is 18.1 Å². The topological polar surface area (TPSA) is 73.7 Å². The molecule has 0 saturated carbocycles. The molecule has 28 heavy (non-hydrogen) atoms. The van der Waals surface area contributed by atoms with Gasteiger partial charge in [0, 0.05) is 30.9 Å². The molecule has 1 saturated heterocycles. The van der Waals surface area contributed by atoms with Crippen LogP contribution in [0, 0.1) is 19.8 Å². The van der Waals surface area contributed by atoms with E-state index in [1.54, 1.807) is 10.9 Å². The molecule has 2 aromatic rings. The van der Waals surface area contributed by atoms with E-state index in [0.717, 1.165) is 18.5 Å². The van der Waals surface area contributed by atoms with Crippen molar-refractivity contribution >= 4 is 5.91 Å². The summed E-state index contributed by atoms with van der Waals surface area (Å²) in [7, 11) is 0. The number of carbonyl (C=O) groups is 1. The lowest BCUT2D eigenvalue weighted by Crippen LogP contribution is -2.49. The number of ether oxygens (including phenoxy) is 2. The Labute approximate surface area is 163 Å². The lowest BCUT2D eigenvalue weighted by Gasteiger charge is -2.35. The highest BCUT2D eigenvalue weighted by atomic mass is 16.6. The molecule has 7 nitrogen and oxygen atoms in total. The number of aryl methyl sites for hydroxylation is 1. The molecule has 1 amide bonds. The molecular weight excluding hydrogens is 358 g/mol. The number of rotatable bonds is 3. The van der Waals surface area contributed by atoms with Crippen molar-refractivity contribution < 1.29 is 14.3 Å². The van der Waals surface area contributed by atoms with E-state index in [9.17, 15) is 9.59 Å². The molecular formula is C21H25N3O4. The zero-order chi connectivity index (χ0) is 19.7. The molecule has 4 rings (SSSR count). The van der Waals surface area contributed by atoms with Crippen molar-refractivity contribution in [3.63, 3.8) is 0 Å². The molecule has 148 valence electrons. The molecule has 2 aliphatic rings. The normalized spacial score (nSPS) is 19.5. The maximum atomic E-state index is 12.8. The van der Waals surface area contributed by atoms with Crippen molar-refractivity contribution in [2.75, 3.05) is 19.7 Å². The number of likely N-dealkylation sites (tertiary alicyclic amines) is 1. The van der Waals surface area contributed by atoms with Crippen LogP contribution in [0.25, 0.3) is 0 Å². The van der Waals surface area contributed by atoms with Crippen LogP contribution in [-0.2, 0) is 11.3 Å². The summed E-state index contributed by atoms with van der Waals surface area (Å²) < 4.78 is 13.2. The molecule has 0 N–H and O–H groups in total. The standard InChI is InChI=1S/C21H25N3O4/c1-14-15(2)22-13-24(20(14)25)11-16-7-9-23(10-8-16)21(26)19-12-27-17-5-3-4-6-18(17)28-19/h3-6,13,16,19H,7-12H2,1-2H3. The molecule has 0 aliphatic carbocycles. The highest BCUT2D eigenvalue weighted by Crippen LogP contribution is 2.31. The van der Waals surface area contributed by atoms with Crippen LogP contribution >= 0.6 is 0 Å². The first-order valence-electron chi connectivity index (χ1n) is 9.73. The molecule has 0 bridgehead atoms. The first-order valence-corrected chi connectivity index (χ1v) is 9.73. The van der Waals surface area contributed by atoms with E-state index in [0.29, 0.717) is 42.6 Å². The van der Waals surface area contributed by atoms with Gasteiger partial charge in [-0.15, -0.1) is 0 Å². The fourth-order valence-electron chi connectivity index (χ4n) is 3.76. The third kappa shape index (κ3) is 3.61. The summed E-state index contributed by atoms with van der Waals surface area (Å²) in [5, 5.41) is 0. The molecule has 1 fully saturated rings. The van der Waals surface area contributed by atoms with E-state index >= 15 is 0 Å². The van der Waals surface area contributed by atoms with Crippen LogP contribution in [0.1, 0.15) is 24.1 Å². The monoisotopic (exact) mass is 383 g/mol. The molecule has 3 heterocycles. The Morgan fingerprint density at radius 2 is 1.89 bits per heavy atom. The maximum absolute atomic E-state index is 12.8. The molecule has 0 spiro atoms. The van der Waals surface area contributed by atoms with Gasteiger partial charge in [0.05, 0.1) is 6.33 Å². The summed E-state index contributed by atoms with van der Waals surface area (Å²) in [6.45, 7) is 5.87. The zero-order valence-corrected chi connectivity index (χ0v) is 16.3. The second-order valence-electron chi connectivity index (χ2n) is 7.55. The fraction of sp³-hybridized carbons (Fsp3) is 0.476. The van der Waals surface area contributed by atoms with Gasteiger partial charge in [0.2, 0.25) is 6.10 Å². The number of carbonyl (C=O) groups excluding carboxylic acids is 1. The first-order chi connectivity index (χ1) is 13.5. The van der Waals surface area contributed by atoms with Gasteiger partial charge in [0.25, 0.3) is 11.5 Å². The zero-order valence-electron chi connectivity index (χ0n) is 16.3. The number of benzene rings is 1. The van der Waals surface area contributed by atoms with Gasteiger partial charge in [0.1, 0.15) is 6.61 Å². The molecule has 2 aliphatic heterocycles. The smallest absolute Gasteiger partial charge is 0.267 e. The van der Waals surface area contributed by atoms with Gasteiger partial charge in [0.15, 0.2) is 11.5 Å². The van der Waals surface area contributed by atoms with Crippen molar-refractivity contribution in [1.82, 2.24) is 14.5 Å². The second kappa shape index (κ2) is 7.66. The minimum atomic E-state index is -0.599. The van der Waals surface area contributed by atoms with Gasteiger partial charge in [-0.2, -0.15) is 0 Å². The quantitative estimate of drug-likeness (QED) is 0.810. The van der Waals surface area contributed by atoms with Crippen molar-refractivity contribution in [3.05, 3.63) is 52.2 Å². The highest BCUT2D eigenvalue weighted by molar-refractivity contribution is 5.82. The lowest BCUT2D eigenvalue weighted by atomic mass is 9.96. The van der Waals surface area contributed by atoms with Crippen LogP contribution in [0.5, 0.6) is 11.5 Å². The predicted octanol–water partition coefficient (Wildman–Crippen LogP) is 1.94. The van der Waals surface area contributed by atoms with E-state index in [1.807, 2.05) is 43.0 Å². The van der Waals surface area contributed by atoms with Gasteiger partial charge in [-0.1, -0.05) is 12.1 Å². The molecule has 1 aromatic heterocycles. The molecule has 0 radical (unpaired) electrons. The van der Waals surface area contributed by atoms with Crippen LogP contribution in [0.4, 0.5) is 0 Å². The average Bonchev–Trinajstić information content (AvgIpc) is 2.74. The van der Waals surface area contributed by atoms with Crippen LogP contribution < -0.4 is 15.0 Å². The number of fused-ring (bicyclic) bond motifs is 1. The Morgan fingerprint density at radius 3 is 2.64 bits per heavy atom. The number of para-hydroxylation sites is 2. The number of nitrogens with zero attached hydrogens (tertiary/aromatic N) is 3. The predicted molar refractivity (Wildman–Crippen MR) is 104 cm³/mol. The largest absolute Gasteiger partial charge is 0.485 e. The van der Waals surface area contributed by atoms with Crippen molar-refractivity contribution in [3.8, 4) is 11.5 Å². The SMILES string of the molecule is Cc1ncn(CC2CCN(C(=O)C3COc4ccccc4O3)CC2)c(=O)c1C. The van der Waals surface area contributed by atoms with Crippen LogP contribution in [0.2, 0.25) is 0 Å². The summed E-state index contributed by atoms with van der Waals surface area (Å²) in [6, 6.07) is 7.40. The summed E-state index contributed by atoms with van der Waals surface area (Å²) >= 11 is 0. The van der Waals surface area contributed by atoms with Crippen molar-refractivity contribution in [2.24, 2.45) is 5.92 Å². The Hall–Kier alpha value is -2.83. The Kier molecular flexibility index (Phi) is 5.07. The van der Waals surface area contributed by atoms with Crippen LogP contribution in [-0.4, -0.2) is 46.2 Å².